The normalized spacial score (nSPS) is 29.0. The van der Waals surface area contributed by atoms with Crippen molar-refractivity contribution in [1.29, 1.82) is 0 Å². The second-order valence-electron chi connectivity index (χ2n) is 6.15. The highest BCUT2D eigenvalue weighted by Gasteiger charge is 2.35. The first-order valence-corrected chi connectivity index (χ1v) is 8.22. The van der Waals surface area contributed by atoms with Crippen molar-refractivity contribution >= 4 is 27.4 Å². The maximum absolute atomic E-state index is 4.57. The van der Waals surface area contributed by atoms with Crippen molar-refractivity contribution in [3.05, 3.63) is 17.3 Å². The van der Waals surface area contributed by atoms with Gasteiger partial charge in [-0.05, 0) is 38.7 Å². The summed E-state index contributed by atoms with van der Waals surface area (Å²) in [6, 6.07) is 4.25. The Morgan fingerprint density at radius 3 is 2.75 bits per heavy atom. The Hall–Kier alpha value is -1.20. The molecule has 0 radical (unpaired) electrons. The number of aryl methyl sites for hydroxylation is 1. The maximum Gasteiger partial charge on any atom is 0.140 e. The van der Waals surface area contributed by atoms with E-state index in [2.05, 4.69) is 40.2 Å². The molecule has 0 amide bonds. The van der Waals surface area contributed by atoms with Crippen LogP contribution in [-0.4, -0.2) is 35.1 Å². The number of hydrogen-bond donors (Lipinski definition) is 1. The summed E-state index contributed by atoms with van der Waals surface area (Å²) in [5, 5.41) is 4.92. The van der Waals surface area contributed by atoms with Crippen LogP contribution in [0.15, 0.2) is 12.4 Å². The Labute approximate surface area is 123 Å². The molecule has 20 heavy (non-hydrogen) atoms. The van der Waals surface area contributed by atoms with Gasteiger partial charge in [-0.25, -0.2) is 9.97 Å². The molecule has 2 aliphatic heterocycles. The van der Waals surface area contributed by atoms with Crippen molar-refractivity contribution in [2.24, 2.45) is 0 Å². The first kappa shape index (κ1) is 12.5. The van der Waals surface area contributed by atoms with Crippen molar-refractivity contribution in [2.75, 3.05) is 11.9 Å². The quantitative estimate of drug-likeness (QED) is 0.922. The van der Waals surface area contributed by atoms with Gasteiger partial charge in [0.25, 0.3) is 0 Å². The molecule has 0 saturated carbocycles. The Balaban J connectivity index is 1.68. The largest absolute Gasteiger partial charge is 0.356 e. The molecule has 0 spiro atoms. The standard InChI is InChI=1S/C15H20N4S/c1-9-5-13-14(16-8-17-15(13)20-9)19(2)12-6-10-3-4-11(7-12)18-10/h5,8,10-12,18H,3-4,6-7H2,1-2H3. The Morgan fingerprint density at radius 2 is 2.00 bits per heavy atom. The first-order valence-electron chi connectivity index (χ1n) is 7.41. The lowest BCUT2D eigenvalue weighted by molar-refractivity contribution is 0.354. The van der Waals surface area contributed by atoms with Crippen LogP contribution >= 0.6 is 11.3 Å². The van der Waals surface area contributed by atoms with Gasteiger partial charge in [-0.15, -0.1) is 11.3 Å². The third kappa shape index (κ3) is 2.00. The number of rotatable bonds is 2. The number of thiophene rings is 1. The number of nitrogens with zero attached hydrogens (tertiary/aromatic N) is 3. The lowest BCUT2D eigenvalue weighted by Crippen LogP contribution is -2.47. The van der Waals surface area contributed by atoms with E-state index in [-0.39, 0.29) is 0 Å². The fourth-order valence-electron chi connectivity index (χ4n) is 3.76. The number of piperidine rings is 1. The minimum absolute atomic E-state index is 0.604. The molecule has 2 unspecified atom stereocenters. The molecule has 4 nitrogen and oxygen atoms in total. The molecule has 0 aromatic carbocycles. The molecule has 2 fully saturated rings. The van der Waals surface area contributed by atoms with Gasteiger partial charge in [-0.3, -0.25) is 0 Å². The second kappa shape index (κ2) is 4.67. The minimum atomic E-state index is 0.604. The van der Waals surface area contributed by atoms with Gasteiger partial charge in [0.05, 0.1) is 5.39 Å². The maximum atomic E-state index is 4.57. The number of aromatic nitrogens is 2. The Bertz CT molecular complexity index is 626. The lowest BCUT2D eigenvalue weighted by atomic mass is 9.98. The van der Waals surface area contributed by atoms with Gasteiger partial charge < -0.3 is 10.2 Å². The predicted octanol–water partition coefficient (Wildman–Crippen LogP) is 2.72. The van der Waals surface area contributed by atoms with E-state index in [0.717, 1.165) is 10.6 Å². The van der Waals surface area contributed by atoms with E-state index < -0.39 is 0 Å². The zero-order valence-electron chi connectivity index (χ0n) is 12.0. The lowest BCUT2D eigenvalue weighted by Gasteiger charge is -2.36. The summed E-state index contributed by atoms with van der Waals surface area (Å²) < 4.78 is 0. The fraction of sp³-hybridized carbons (Fsp3) is 0.600. The van der Waals surface area contributed by atoms with E-state index in [9.17, 15) is 0 Å². The van der Waals surface area contributed by atoms with E-state index in [4.69, 9.17) is 0 Å². The molecule has 2 aromatic rings. The third-order valence-electron chi connectivity index (χ3n) is 4.76. The molecule has 2 aliphatic rings. The van der Waals surface area contributed by atoms with Crippen molar-refractivity contribution in [3.63, 3.8) is 0 Å². The van der Waals surface area contributed by atoms with Crippen LogP contribution < -0.4 is 10.2 Å². The topological polar surface area (TPSA) is 41.0 Å². The van der Waals surface area contributed by atoms with Crippen LogP contribution in [0.2, 0.25) is 0 Å². The smallest absolute Gasteiger partial charge is 0.140 e. The van der Waals surface area contributed by atoms with Crippen molar-refractivity contribution < 1.29 is 0 Å². The van der Waals surface area contributed by atoms with E-state index in [1.165, 1.54) is 35.9 Å². The molecule has 4 rings (SSSR count). The molecule has 2 aromatic heterocycles. The number of anilines is 1. The Morgan fingerprint density at radius 1 is 1.25 bits per heavy atom. The predicted molar refractivity (Wildman–Crippen MR) is 83.5 cm³/mol. The summed E-state index contributed by atoms with van der Waals surface area (Å²) in [5.41, 5.74) is 0. The van der Waals surface area contributed by atoms with Crippen LogP contribution in [0.5, 0.6) is 0 Å². The SMILES string of the molecule is Cc1cc2c(N(C)C3CC4CCC(C3)N4)ncnc2s1. The molecule has 0 aliphatic carbocycles. The van der Waals surface area contributed by atoms with Gasteiger partial charge >= 0.3 is 0 Å². The molecule has 106 valence electrons. The summed E-state index contributed by atoms with van der Waals surface area (Å²) in [6.45, 7) is 2.14. The van der Waals surface area contributed by atoms with Gasteiger partial charge in [-0.2, -0.15) is 0 Å². The van der Waals surface area contributed by atoms with Gasteiger partial charge in [-0.1, -0.05) is 0 Å². The molecule has 5 heteroatoms. The van der Waals surface area contributed by atoms with Crippen LogP contribution in [0.4, 0.5) is 5.82 Å². The first-order chi connectivity index (χ1) is 9.70. The number of hydrogen-bond acceptors (Lipinski definition) is 5. The van der Waals surface area contributed by atoms with Gasteiger partial charge in [0, 0.05) is 30.1 Å². The second-order valence-corrected chi connectivity index (χ2v) is 7.38. The van der Waals surface area contributed by atoms with Crippen LogP contribution in [-0.2, 0) is 0 Å². The number of nitrogens with one attached hydrogen (secondary N) is 1. The van der Waals surface area contributed by atoms with E-state index in [1.54, 1.807) is 17.7 Å². The van der Waals surface area contributed by atoms with Gasteiger partial charge in [0.1, 0.15) is 17.0 Å². The van der Waals surface area contributed by atoms with Crippen LogP contribution in [0, 0.1) is 6.92 Å². The summed E-state index contributed by atoms with van der Waals surface area (Å²) in [4.78, 5) is 13.8. The average Bonchev–Trinajstić information content (AvgIpc) is 2.98. The highest BCUT2D eigenvalue weighted by Crippen LogP contribution is 2.34. The summed E-state index contributed by atoms with van der Waals surface area (Å²) in [6.07, 6.45) is 6.86. The molecular formula is C15H20N4S. The summed E-state index contributed by atoms with van der Waals surface area (Å²) >= 11 is 1.75. The zero-order chi connectivity index (χ0) is 13.7. The van der Waals surface area contributed by atoms with Crippen LogP contribution in [0.3, 0.4) is 0 Å². The van der Waals surface area contributed by atoms with Crippen LogP contribution in [0.25, 0.3) is 10.2 Å². The minimum Gasteiger partial charge on any atom is -0.356 e. The number of fused-ring (bicyclic) bond motifs is 3. The van der Waals surface area contributed by atoms with Crippen molar-refractivity contribution in [3.8, 4) is 0 Å². The average molecular weight is 288 g/mol. The monoisotopic (exact) mass is 288 g/mol. The van der Waals surface area contributed by atoms with Gasteiger partial charge in [0.2, 0.25) is 0 Å². The van der Waals surface area contributed by atoms with E-state index in [0.29, 0.717) is 18.1 Å². The molecule has 1 N–H and O–H groups in total. The summed E-state index contributed by atoms with van der Waals surface area (Å²) in [7, 11) is 2.20. The highest BCUT2D eigenvalue weighted by atomic mass is 32.1. The van der Waals surface area contributed by atoms with Crippen molar-refractivity contribution in [1.82, 2.24) is 15.3 Å². The van der Waals surface area contributed by atoms with Crippen molar-refractivity contribution in [2.45, 2.75) is 50.7 Å². The van der Waals surface area contributed by atoms with Gasteiger partial charge in [0.15, 0.2) is 0 Å². The zero-order valence-corrected chi connectivity index (χ0v) is 12.8. The molecule has 2 bridgehead atoms. The van der Waals surface area contributed by atoms with E-state index >= 15 is 0 Å². The molecule has 2 saturated heterocycles. The molecular weight excluding hydrogens is 268 g/mol. The highest BCUT2D eigenvalue weighted by molar-refractivity contribution is 7.18. The summed E-state index contributed by atoms with van der Waals surface area (Å²) in [5.74, 6) is 1.10. The van der Waals surface area contributed by atoms with E-state index in [1.807, 2.05) is 0 Å². The molecule has 4 heterocycles. The fourth-order valence-corrected chi connectivity index (χ4v) is 4.60. The molecule has 2 atom stereocenters. The Kier molecular flexibility index (Phi) is 2.93. The van der Waals surface area contributed by atoms with Crippen LogP contribution in [0.1, 0.15) is 30.6 Å². The third-order valence-corrected chi connectivity index (χ3v) is 5.72.